The summed E-state index contributed by atoms with van der Waals surface area (Å²) in [5.41, 5.74) is 6.81. The van der Waals surface area contributed by atoms with Crippen LogP contribution in [0.2, 0.25) is 0 Å². The van der Waals surface area contributed by atoms with E-state index < -0.39 is 0 Å². The van der Waals surface area contributed by atoms with Gasteiger partial charge in [0.15, 0.2) is 0 Å². The van der Waals surface area contributed by atoms with E-state index in [2.05, 4.69) is 22.1 Å². The average Bonchev–Trinajstić information content (AvgIpc) is 3.14. The van der Waals surface area contributed by atoms with E-state index in [4.69, 9.17) is 0 Å². The van der Waals surface area contributed by atoms with Crippen molar-refractivity contribution in [1.82, 2.24) is 10.6 Å². The molecule has 0 fully saturated rings. The highest BCUT2D eigenvalue weighted by molar-refractivity contribution is 5.97. The van der Waals surface area contributed by atoms with Gasteiger partial charge < -0.3 is 10.6 Å². The first kappa shape index (κ1) is 13.9. The summed E-state index contributed by atoms with van der Waals surface area (Å²) in [6, 6.07) is 0. The Balaban J connectivity index is 1.54. The van der Waals surface area contributed by atoms with E-state index in [1.807, 2.05) is 0 Å². The van der Waals surface area contributed by atoms with Crippen LogP contribution in [-0.2, 0) is 9.59 Å². The number of allylic oxidation sites excluding steroid dienone is 2. The first-order valence-electron chi connectivity index (χ1n) is 6.60. The molecule has 4 heteroatoms. The Bertz CT molecular complexity index is 542. The first-order chi connectivity index (χ1) is 9.77. The lowest BCUT2D eigenvalue weighted by Gasteiger charge is -2.05. The predicted octanol–water partition coefficient (Wildman–Crippen LogP) is 1.30. The standard InChI is InChI=1S/C16H16N2O2/c19-15(13-7-1-2-8-13)17-11-5-6-12-18-16(20)14-9-3-4-10-14/h1-4,7,9H,5-6,11-12H2,(H,17,19)(H,18,20). The zero-order chi connectivity index (χ0) is 14.2. The molecule has 0 atom stereocenters. The van der Waals surface area contributed by atoms with Crippen LogP contribution in [0.1, 0.15) is 12.8 Å². The molecule has 0 saturated carbocycles. The summed E-state index contributed by atoms with van der Waals surface area (Å²) >= 11 is 0. The minimum absolute atomic E-state index is 0.106. The molecule has 0 unspecified atom stereocenters. The van der Waals surface area contributed by atoms with Gasteiger partial charge in [-0.15, -0.1) is 11.5 Å². The van der Waals surface area contributed by atoms with Gasteiger partial charge in [-0.1, -0.05) is 12.2 Å². The molecule has 102 valence electrons. The topological polar surface area (TPSA) is 58.2 Å². The van der Waals surface area contributed by atoms with Gasteiger partial charge in [0.25, 0.3) is 11.8 Å². The molecule has 0 spiro atoms. The first-order valence-corrected chi connectivity index (χ1v) is 6.60. The zero-order valence-corrected chi connectivity index (χ0v) is 11.1. The molecule has 0 aromatic rings. The van der Waals surface area contributed by atoms with Crippen molar-refractivity contribution in [2.45, 2.75) is 12.8 Å². The molecule has 0 aromatic carbocycles. The van der Waals surface area contributed by atoms with Crippen molar-refractivity contribution in [3.8, 4) is 0 Å². The van der Waals surface area contributed by atoms with Crippen LogP contribution < -0.4 is 10.6 Å². The van der Waals surface area contributed by atoms with Gasteiger partial charge in [0.2, 0.25) is 0 Å². The summed E-state index contributed by atoms with van der Waals surface area (Å²) in [6.45, 7) is 1.19. The van der Waals surface area contributed by atoms with Crippen molar-refractivity contribution >= 4 is 11.8 Å². The third-order valence-electron chi connectivity index (χ3n) is 2.86. The Morgan fingerprint density at radius 1 is 0.850 bits per heavy atom. The Kier molecular flexibility index (Phi) is 4.96. The van der Waals surface area contributed by atoms with Crippen molar-refractivity contribution < 1.29 is 9.59 Å². The Labute approximate surface area is 117 Å². The fourth-order valence-electron chi connectivity index (χ4n) is 1.79. The molecule has 0 aliphatic heterocycles. The van der Waals surface area contributed by atoms with Gasteiger partial charge in [-0.05, 0) is 37.1 Å². The van der Waals surface area contributed by atoms with Crippen LogP contribution in [0.3, 0.4) is 0 Å². The zero-order valence-electron chi connectivity index (χ0n) is 11.1. The highest BCUT2D eigenvalue weighted by atomic mass is 16.2. The van der Waals surface area contributed by atoms with Crippen molar-refractivity contribution in [2.24, 2.45) is 0 Å². The molecule has 0 aromatic heterocycles. The summed E-state index contributed by atoms with van der Waals surface area (Å²) in [7, 11) is 0. The van der Waals surface area contributed by atoms with Crippen molar-refractivity contribution in [2.75, 3.05) is 13.1 Å². The van der Waals surface area contributed by atoms with E-state index in [9.17, 15) is 9.59 Å². The van der Waals surface area contributed by atoms with Gasteiger partial charge in [-0.3, -0.25) is 9.59 Å². The van der Waals surface area contributed by atoms with Gasteiger partial charge >= 0.3 is 0 Å². The number of unbranched alkanes of at least 4 members (excludes halogenated alkanes) is 1. The average molecular weight is 268 g/mol. The number of nitrogens with one attached hydrogen (secondary N) is 2. The van der Waals surface area contributed by atoms with Crippen LogP contribution in [0.5, 0.6) is 0 Å². The second-order valence-electron chi connectivity index (χ2n) is 4.39. The number of carbonyl (C=O) groups is 2. The largest absolute Gasteiger partial charge is 0.352 e. The number of amides is 2. The molecule has 20 heavy (non-hydrogen) atoms. The minimum atomic E-state index is -0.106. The lowest BCUT2D eigenvalue weighted by atomic mass is 10.2. The van der Waals surface area contributed by atoms with Crippen molar-refractivity contribution in [1.29, 1.82) is 0 Å². The summed E-state index contributed by atoms with van der Waals surface area (Å²) in [5.74, 6) is -0.212. The lowest BCUT2D eigenvalue weighted by Crippen LogP contribution is -2.27. The van der Waals surface area contributed by atoms with Crippen LogP contribution in [0, 0.1) is 0 Å². The molecule has 0 radical (unpaired) electrons. The van der Waals surface area contributed by atoms with Crippen LogP contribution in [0.25, 0.3) is 0 Å². The predicted molar refractivity (Wildman–Crippen MR) is 76.7 cm³/mol. The van der Waals surface area contributed by atoms with E-state index in [0.717, 1.165) is 12.8 Å². The van der Waals surface area contributed by atoms with Gasteiger partial charge in [0.05, 0.1) is 11.1 Å². The SMILES string of the molecule is O=C(NCCCCNC(=O)C1=C=CC=C1)C1=C=CC=C1. The highest BCUT2D eigenvalue weighted by Crippen LogP contribution is 2.02. The van der Waals surface area contributed by atoms with Crippen LogP contribution >= 0.6 is 0 Å². The Morgan fingerprint density at radius 3 is 1.65 bits per heavy atom. The van der Waals surface area contributed by atoms with E-state index >= 15 is 0 Å². The third kappa shape index (κ3) is 3.99. The number of carbonyl (C=O) groups excluding carboxylic acids is 2. The third-order valence-corrected chi connectivity index (χ3v) is 2.86. The lowest BCUT2D eigenvalue weighted by molar-refractivity contribution is -0.118. The molecule has 2 rings (SSSR count). The molecule has 4 nitrogen and oxygen atoms in total. The van der Waals surface area contributed by atoms with E-state index in [0.29, 0.717) is 24.2 Å². The van der Waals surface area contributed by atoms with Crippen molar-refractivity contribution in [3.63, 3.8) is 0 Å². The molecule has 2 aliphatic carbocycles. The molecule has 2 aliphatic rings. The Morgan fingerprint density at radius 2 is 1.30 bits per heavy atom. The molecule has 2 amide bonds. The van der Waals surface area contributed by atoms with Crippen LogP contribution in [0.15, 0.2) is 59.1 Å². The molecular weight excluding hydrogens is 252 g/mol. The summed E-state index contributed by atoms with van der Waals surface area (Å²) in [5, 5.41) is 5.62. The molecule has 2 N–H and O–H groups in total. The highest BCUT2D eigenvalue weighted by Gasteiger charge is 2.07. The second-order valence-corrected chi connectivity index (χ2v) is 4.39. The van der Waals surface area contributed by atoms with Gasteiger partial charge in [-0.25, -0.2) is 0 Å². The van der Waals surface area contributed by atoms with E-state index in [1.54, 1.807) is 36.5 Å². The monoisotopic (exact) mass is 268 g/mol. The normalized spacial score (nSPS) is 14.4. The van der Waals surface area contributed by atoms with Gasteiger partial charge in [0, 0.05) is 13.1 Å². The van der Waals surface area contributed by atoms with E-state index in [-0.39, 0.29) is 11.8 Å². The summed E-state index contributed by atoms with van der Waals surface area (Å²) < 4.78 is 0. The fraction of sp³-hybridized carbons (Fsp3) is 0.250. The maximum Gasteiger partial charge on any atom is 0.259 e. The molecular formula is C16H16N2O2. The van der Waals surface area contributed by atoms with Crippen LogP contribution in [0.4, 0.5) is 0 Å². The van der Waals surface area contributed by atoms with Crippen LogP contribution in [-0.4, -0.2) is 24.9 Å². The quantitative estimate of drug-likeness (QED) is 0.540. The summed E-state index contributed by atoms with van der Waals surface area (Å²) in [4.78, 5) is 23.2. The smallest absolute Gasteiger partial charge is 0.259 e. The Hall–Kier alpha value is -2.54. The number of hydrogen-bond acceptors (Lipinski definition) is 2. The minimum Gasteiger partial charge on any atom is -0.352 e. The molecule has 0 saturated heterocycles. The number of hydrogen-bond donors (Lipinski definition) is 2. The van der Waals surface area contributed by atoms with E-state index in [1.165, 1.54) is 0 Å². The molecule has 0 heterocycles. The van der Waals surface area contributed by atoms with Gasteiger partial charge in [0.1, 0.15) is 0 Å². The number of rotatable bonds is 7. The summed E-state index contributed by atoms with van der Waals surface area (Å²) in [6.07, 6.45) is 12.1. The second kappa shape index (κ2) is 7.15. The maximum absolute atomic E-state index is 11.6. The fourth-order valence-corrected chi connectivity index (χ4v) is 1.79. The van der Waals surface area contributed by atoms with Crippen molar-refractivity contribution in [3.05, 3.63) is 59.1 Å². The molecule has 0 bridgehead atoms. The maximum atomic E-state index is 11.6. The van der Waals surface area contributed by atoms with Gasteiger partial charge in [-0.2, -0.15) is 0 Å².